The predicted molar refractivity (Wildman–Crippen MR) is 185 cm³/mol. The van der Waals surface area contributed by atoms with Gasteiger partial charge in [0.2, 0.25) is 5.69 Å². The summed E-state index contributed by atoms with van der Waals surface area (Å²) in [7, 11) is 0.0504. The van der Waals surface area contributed by atoms with Crippen molar-refractivity contribution < 1.29 is 17.5 Å². The van der Waals surface area contributed by atoms with Gasteiger partial charge in [-0.25, -0.2) is 8.42 Å². The Morgan fingerprint density at radius 3 is 2.09 bits per heavy atom. The van der Waals surface area contributed by atoms with E-state index in [0.717, 1.165) is 23.4 Å². The van der Waals surface area contributed by atoms with E-state index in [9.17, 15) is 13.0 Å². The number of fused-ring (bicyclic) bond motifs is 2. The minimum absolute atomic E-state index is 0.0236. The molecular formula is C38H41ClN2O3S. The van der Waals surface area contributed by atoms with Gasteiger partial charge in [-0.05, 0) is 74.6 Å². The molecule has 0 atom stereocenters. The highest BCUT2D eigenvalue weighted by Crippen LogP contribution is 2.47. The Bertz CT molecular complexity index is 1910. The fraction of sp³-hybridized carbons (Fsp3) is 0.289. The molecule has 0 unspecified atom stereocenters. The van der Waals surface area contributed by atoms with Crippen molar-refractivity contribution in [3.8, 4) is 0 Å². The maximum Gasteiger partial charge on any atom is 0.209 e. The highest BCUT2D eigenvalue weighted by Gasteiger charge is 2.42. The first-order valence-electron chi connectivity index (χ1n) is 15.2. The van der Waals surface area contributed by atoms with E-state index in [1.54, 1.807) is 12.1 Å². The lowest BCUT2D eigenvalue weighted by Gasteiger charge is -2.23. The van der Waals surface area contributed by atoms with Crippen LogP contribution in [0.4, 0.5) is 11.4 Å². The standard InChI is InChI=1S/C31H34ClN2.C7H8O3S/c1-30(2)23-11-7-9-13-25(23)33(5)27(30)19-17-21-15-16-22(29(21)32)18-20-28-31(3,4)24-12-8-10-14-26(24)34(28)6;1-6-2-4-7(5-3-6)11(8,9)10/h7-14,17-20H,15-16H2,1-6H3;2-5H,1H3,(H,8,9,10)/q+1;/p-1. The Hall–Kier alpha value is -3.71. The molecule has 0 radical (unpaired) electrons. The maximum atomic E-state index is 10.4. The normalized spacial score (nSPS) is 20.2. The van der Waals surface area contributed by atoms with Crippen molar-refractivity contribution in [1.29, 1.82) is 0 Å². The number of likely N-dealkylation sites (N-methyl/N-ethyl adjacent to an activating group) is 1. The van der Waals surface area contributed by atoms with Crippen LogP contribution in [0.2, 0.25) is 0 Å². The minimum Gasteiger partial charge on any atom is -0.744 e. The van der Waals surface area contributed by atoms with Gasteiger partial charge in [0.25, 0.3) is 0 Å². The summed E-state index contributed by atoms with van der Waals surface area (Å²) >= 11 is 6.90. The topological polar surface area (TPSA) is 63.5 Å². The first kappa shape index (κ1) is 32.7. The minimum atomic E-state index is -4.27. The van der Waals surface area contributed by atoms with Gasteiger partial charge < -0.3 is 9.45 Å². The van der Waals surface area contributed by atoms with Crippen LogP contribution in [0, 0.1) is 6.92 Å². The summed E-state index contributed by atoms with van der Waals surface area (Å²) in [5.74, 6) is 0. The van der Waals surface area contributed by atoms with Crippen molar-refractivity contribution >= 4 is 38.8 Å². The molecule has 3 aliphatic rings. The predicted octanol–water partition coefficient (Wildman–Crippen LogP) is 8.67. The molecule has 2 aliphatic heterocycles. The third-order valence-electron chi connectivity index (χ3n) is 9.30. The van der Waals surface area contributed by atoms with E-state index in [0.29, 0.717) is 0 Å². The monoisotopic (exact) mass is 640 g/mol. The van der Waals surface area contributed by atoms with E-state index >= 15 is 0 Å². The average molecular weight is 641 g/mol. The number of benzene rings is 3. The number of hydrogen-bond donors (Lipinski definition) is 0. The van der Waals surface area contributed by atoms with Gasteiger partial charge in [-0.1, -0.05) is 91.7 Å². The second-order valence-electron chi connectivity index (χ2n) is 13.0. The largest absolute Gasteiger partial charge is 0.744 e. The molecule has 0 aromatic heterocycles. The number of para-hydroxylation sites is 2. The van der Waals surface area contributed by atoms with E-state index in [2.05, 4.69) is 124 Å². The van der Waals surface area contributed by atoms with Gasteiger partial charge in [0.1, 0.15) is 17.2 Å². The smallest absolute Gasteiger partial charge is 0.209 e. The Balaban J connectivity index is 0.000000309. The summed E-state index contributed by atoms with van der Waals surface area (Å²) in [5, 5.41) is 0.903. The molecular weight excluding hydrogens is 600 g/mol. The van der Waals surface area contributed by atoms with Crippen molar-refractivity contribution in [2.45, 2.75) is 63.2 Å². The van der Waals surface area contributed by atoms with Gasteiger partial charge in [-0.3, -0.25) is 0 Å². The molecule has 2 heterocycles. The third-order valence-corrected chi connectivity index (χ3v) is 10.6. The molecule has 45 heavy (non-hydrogen) atoms. The van der Waals surface area contributed by atoms with Crippen molar-refractivity contribution in [3.05, 3.63) is 136 Å². The maximum absolute atomic E-state index is 10.4. The summed E-state index contributed by atoms with van der Waals surface area (Å²) < 4.78 is 33.5. The van der Waals surface area contributed by atoms with Crippen molar-refractivity contribution in [3.63, 3.8) is 0 Å². The molecule has 0 saturated heterocycles. The Morgan fingerprint density at radius 1 is 0.844 bits per heavy atom. The first-order chi connectivity index (χ1) is 21.1. The molecule has 234 valence electrons. The molecule has 1 aliphatic carbocycles. The zero-order valence-corrected chi connectivity index (χ0v) is 28.6. The van der Waals surface area contributed by atoms with Crippen molar-refractivity contribution in [1.82, 2.24) is 0 Å². The molecule has 0 saturated carbocycles. The molecule has 0 amide bonds. The number of aryl methyl sites for hydroxylation is 1. The molecule has 7 heteroatoms. The quantitative estimate of drug-likeness (QED) is 0.211. The lowest BCUT2D eigenvalue weighted by atomic mass is 9.81. The Morgan fingerprint density at radius 2 is 1.47 bits per heavy atom. The number of hydrogen-bond acceptors (Lipinski definition) is 4. The van der Waals surface area contributed by atoms with Gasteiger partial charge in [0, 0.05) is 46.6 Å². The lowest BCUT2D eigenvalue weighted by Crippen LogP contribution is -2.26. The van der Waals surface area contributed by atoms with Crippen LogP contribution in [-0.2, 0) is 20.9 Å². The molecule has 3 aromatic rings. The first-order valence-corrected chi connectivity index (χ1v) is 17.0. The van der Waals surface area contributed by atoms with E-state index < -0.39 is 10.1 Å². The van der Waals surface area contributed by atoms with E-state index in [-0.39, 0.29) is 15.7 Å². The summed E-state index contributed by atoms with van der Waals surface area (Å²) in [5.41, 5.74) is 11.3. The van der Waals surface area contributed by atoms with Crippen molar-refractivity contribution in [2.24, 2.45) is 0 Å². The third kappa shape index (κ3) is 6.24. The van der Waals surface area contributed by atoms with Gasteiger partial charge in [-0.2, -0.15) is 4.58 Å². The van der Waals surface area contributed by atoms with Gasteiger partial charge in [-0.15, -0.1) is 0 Å². The van der Waals surface area contributed by atoms with Crippen LogP contribution >= 0.6 is 11.6 Å². The zero-order chi connectivity index (χ0) is 32.7. The fourth-order valence-electron chi connectivity index (χ4n) is 6.68. The lowest BCUT2D eigenvalue weighted by molar-refractivity contribution is -0.401. The van der Waals surface area contributed by atoms with Crippen LogP contribution in [0.25, 0.3) is 0 Å². The highest BCUT2D eigenvalue weighted by molar-refractivity contribution is 7.85. The Kier molecular flexibility index (Phi) is 8.89. The van der Waals surface area contributed by atoms with Crippen LogP contribution in [0.5, 0.6) is 0 Å². The van der Waals surface area contributed by atoms with Crippen LogP contribution in [0.3, 0.4) is 0 Å². The molecule has 5 nitrogen and oxygen atoms in total. The Labute approximate surface area is 273 Å². The number of rotatable bonds is 4. The van der Waals surface area contributed by atoms with Crippen LogP contribution < -0.4 is 4.90 Å². The molecule has 3 aromatic carbocycles. The van der Waals surface area contributed by atoms with Gasteiger partial charge >= 0.3 is 0 Å². The molecule has 0 bridgehead atoms. The van der Waals surface area contributed by atoms with Crippen LogP contribution in [-0.4, -0.2) is 37.4 Å². The van der Waals surface area contributed by atoms with Crippen molar-refractivity contribution in [2.75, 3.05) is 19.0 Å². The molecule has 6 rings (SSSR count). The number of allylic oxidation sites excluding steroid dienone is 8. The second-order valence-corrected chi connectivity index (χ2v) is 14.7. The van der Waals surface area contributed by atoms with Crippen LogP contribution in [0.1, 0.15) is 57.2 Å². The molecule has 0 N–H and O–H groups in total. The molecule has 0 fully saturated rings. The summed E-state index contributed by atoms with van der Waals surface area (Å²) in [6.45, 7) is 11.0. The van der Waals surface area contributed by atoms with E-state index in [1.807, 2.05) is 6.92 Å². The number of anilines is 1. The highest BCUT2D eigenvalue weighted by atomic mass is 35.5. The number of nitrogens with zero attached hydrogens (tertiary/aromatic N) is 2. The summed E-state index contributed by atoms with van der Waals surface area (Å²) in [4.78, 5) is 2.13. The van der Waals surface area contributed by atoms with Crippen LogP contribution in [0.15, 0.2) is 124 Å². The zero-order valence-electron chi connectivity index (χ0n) is 27.1. The van der Waals surface area contributed by atoms with Gasteiger partial charge in [0.05, 0.1) is 10.3 Å². The summed E-state index contributed by atoms with van der Waals surface area (Å²) in [6, 6.07) is 23.1. The second kappa shape index (κ2) is 12.2. The van der Waals surface area contributed by atoms with Gasteiger partial charge in [0.15, 0.2) is 5.71 Å². The SMILES string of the molecule is CN1/C(=C/C=C2\CCC(/C=C/C3=[N+](C)c4ccccc4C3(C)C)=C2Cl)C(C)(C)c2ccccc21.Cc1ccc(S(=O)(=O)[O-])cc1. The van der Waals surface area contributed by atoms with E-state index in [1.165, 1.54) is 57.2 Å². The summed E-state index contributed by atoms with van der Waals surface area (Å²) in [6.07, 6.45) is 11.0. The average Bonchev–Trinajstić information content (AvgIpc) is 3.51. The number of halogens is 1. The van der Waals surface area contributed by atoms with E-state index in [4.69, 9.17) is 11.6 Å². The molecule has 0 spiro atoms. The fourth-order valence-corrected chi connectivity index (χ4v) is 7.46.